The van der Waals surface area contributed by atoms with E-state index in [2.05, 4.69) is 27.6 Å². The van der Waals surface area contributed by atoms with Gasteiger partial charge in [0, 0.05) is 13.5 Å². The fourth-order valence-corrected chi connectivity index (χ4v) is 1.27. The van der Waals surface area contributed by atoms with Crippen LogP contribution in [0.3, 0.4) is 0 Å². The number of Topliss-reactive ketones (excluding diaryl/α,β-unsaturated/α-hetero) is 1. The van der Waals surface area contributed by atoms with Gasteiger partial charge < -0.3 is 0 Å². The van der Waals surface area contributed by atoms with Gasteiger partial charge in [0.15, 0.2) is 5.78 Å². The minimum Gasteiger partial charge on any atom is -0.294 e. The summed E-state index contributed by atoms with van der Waals surface area (Å²) < 4.78 is 2.32. The van der Waals surface area contributed by atoms with Crippen molar-refractivity contribution in [3.05, 3.63) is 29.0 Å². The minimum absolute atomic E-state index is 0.0324. The van der Waals surface area contributed by atoms with Crippen molar-refractivity contribution in [2.45, 2.75) is 6.42 Å². The first kappa shape index (κ1) is 9.19. The van der Waals surface area contributed by atoms with Crippen molar-refractivity contribution in [3.63, 3.8) is 0 Å². The van der Waals surface area contributed by atoms with Gasteiger partial charge in [0.2, 0.25) is 0 Å². The maximum absolute atomic E-state index is 11.3. The van der Waals surface area contributed by atoms with Crippen LogP contribution in [0.1, 0.15) is 16.8 Å². The number of aromatic nitrogens is 2. The first-order valence-corrected chi connectivity index (χ1v) is 4.27. The van der Waals surface area contributed by atoms with Gasteiger partial charge in [-0.3, -0.25) is 9.48 Å². The lowest BCUT2D eigenvalue weighted by Crippen LogP contribution is -1.97. The molecule has 1 heterocycles. The van der Waals surface area contributed by atoms with Crippen molar-refractivity contribution in [1.82, 2.24) is 9.78 Å². The highest BCUT2D eigenvalue weighted by atomic mass is 79.9. The maximum Gasteiger partial charge on any atom is 0.170 e. The van der Waals surface area contributed by atoms with Gasteiger partial charge in [-0.25, -0.2) is 0 Å². The Bertz CT molecular complexity index is 317. The molecule has 64 valence electrons. The van der Waals surface area contributed by atoms with Gasteiger partial charge >= 0.3 is 0 Å². The van der Waals surface area contributed by atoms with Crippen LogP contribution in [0.5, 0.6) is 0 Å². The van der Waals surface area contributed by atoms with Crippen LogP contribution < -0.4 is 0 Å². The van der Waals surface area contributed by atoms with E-state index in [0.717, 1.165) is 0 Å². The summed E-state index contributed by atoms with van der Waals surface area (Å²) in [7, 11) is 1.77. The zero-order valence-corrected chi connectivity index (χ0v) is 8.34. The van der Waals surface area contributed by atoms with Gasteiger partial charge in [0.05, 0.1) is 11.8 Å². The highest BCUT2D eigenvalue weighted by Crippen LogP contribution is 2.16. The first-order valence-electron chi connectivity index (χ1n) is 3.48. The standard InChI is InChI=1S/C8H9BrN2O/c1-3-4-7(12)6-5-10-11(2)8(6)9/h3,5H,1,4H2,2H3. The fraction of sp³-hybridized carbons (Fsp3) is 0.250. The highest BCUT2D eigenvalue weighted by Gasteiger charge is 2.11. The Labute approximate surface area is 79.2 Å². The third kappa shape index (κ3) is 1.64. The Balaban J connectivity index is 2.95. The Morgan fingerprint density at radius 1 is 1.92 bits per heavy atom. The van der Waals surface area contributed by atoms with Crippen LogP contribution in [0.2, 0.25) is 0 Å². The topological polar surface area (TPSA) is 34.9 Å². The second kappa shape index (κ2) is 3.67. The average molecular weight is 229 g/mol. The van der Waals surface area contributed by atoms with Crippen molar-refractivity contribution in [3.8, 4) is 0 Å². The molecule has 0 bridgehead atoms. The van der Waals surface area contributed by atoms with Gasteiger partial charge in [-0.2, -0.15) is 5.10 Å². The van der Waals surface area contributed by atoms with Crippen LogP contribution in [0.4, 0.5) is 0 Å². The van der Waals surface area contributed by atoms with Gasteiger partial charge in [0.1, 0.15) is 4.60 Å². The second-order valence-electron chi connectivity index (χ2n) is 2.39. The molecule has 1 aromatic heterocycles. The zero-order valence-electron chi connectivity index (χ0n) is 6.75. The molecule has 0 atom stereocenters. The van der Waals surface area contributed by atoms with Crippen LogP contribution in [0.15, 0.2) is 23.5 Å². The van der Waals surface area contributed by atoms with E-state index in [9.17, 15) is 4.79 Å². The quantitative estimate of drug-likeness (QED) is 0.586. The summed E-state index contributed by atoms with van der Waals surface area (Å²) in [6, 6.07) is 0. The molecule has 0 saturated heterocycles. The molecular weight excluding hydrogens is 220 g/mol. The molecule has 0 saturated carbocycles. The van der Waals surface area contributed by atoms with E-state index in [1.54, 1.807) is 24.0 Å². The van der Waals surface area contributed by atoms with E-state index >= 15 is 0 Å². The van der Waals surface area contributed by atoms with E-state index in [1.807, 2.05) is 0 Å². The predicted octanol–water partition coefficient (Wildman–Crippen LogP) is 1.94. The average Bonchev–Trinajstić information content (AvgIpc) is 2.34. The van der Waals surface area contributed by atoms with Crippen LogP contribution in [-0.4, -0.2) is 15.6 Å². The van der Waals surface area contributed by atoms with Gasteiger partial charge in [-0.1, -0.05) is 6.08 Å². The molecule has 0 amide bonds. The number of carbonyl (C=O) groups is 1. The Kier molecular flexibility index (Phi) is 2.81. The van der Waals surface area contributed by atoms with Crippen molar-refractivity contribution in [1.29, 1.82) is 0 Å². The van der Waals surface area contributed by atoms with E-state index in [-0.39, 0.29) is 5.78 Å². The summed E-state index contributed by atoms with van der Waals surface area (Å²) >= 11 is 3.27. The van der Waals surface area contributed by atoms with Crippen LogP contribution >= 0.6 is 15.9 Å². The Morgan fingerprint density at radius 2 is 2.58 bits per heavy atom. The number of ketones is 1. The molecule has 1 rings (SSSR count). The van der Waals surface area contributed by atoms with Crippen molar-refractivity contribution in [2.75, 3.05) is 0 Å². The summed E-state index contributed by atoms with van der Waals surface area (Å²) in [5.41, 5.74) is 0.609. The third-order valence-electron chi connectivity index (χ3n) is 1.50. The number of carbonyl (C=O) groups excluding carboxylic acids is 1. The zero-order chi connectivity index (χ0) is 9.14. The van der Waals surface area contributed by atoms with Gasteiger partial charge in [0.25, 0.3) is 0 Å². The molecule has 0 spiro atoms. The molecule has 12 heavy (non-hydrogen) atoms. The minimum atomic E-state index is 0.0324. The summed E-state index contributed by atoms with van der Waals surface area (Å²) in [6.07, 6.45) is 3.49. The lowest BCUT2D eigenvalue weighted by Gasteiger charge is -1.94. The molecule has 0 aliphatic heterocycles. The Morgan fingerprint density at radius 3 is 3.00 bits per heavy atom. The van der Waals surface area contributed by atoms with Gasteiger partial charge in [-0.15, -0.1) is 6.58 Å². The number of nitrogens with zero attached hydrogens (tertiary/aromatic N) is 2. The molecule has 0 N–H and O–H groups in total. The second-order valence-corrected chi connectivity index (χ2v) is 3.14. The normalized spacial score (nSPS) is 9.83. The van der Waals surface area contributed by atoms with E-state index in [1.165, 1.54) is 0 Å². The molecular formula is C8H9BrN2O. The molecule has 0 aliphatic rings. The monoisotopic (exact) mass is 228 g/mol. The number of halogens is 1. The lowest BCUT2D eigenvalue weighted by molar-refractivity contribution is 0.0995. The smallest absolute Gasteiger partial charge is 0.170 e. The van der Waals surface area contributed by atoms with Crippen LogP contribution in [-0.2, 0) is 7.05 Å². The molecule has 0 radical (unpaired) electrons. The molecule has 0 aromatic carbocycles. The van der Waals surface area contributed by atoms with Gasteiger partial charge in [-0.05, 0) is 15.9 Å². The summed E-state index contributed by atoms with van der Waals surface area (Å²) in [6.45, 7) is 3.50. The van der Waals surface area contributed by atoms with Crippen molar-refractivity contribution < 1.29 is 4.79 Å². The number of aryl methyl sites for hydroxylation is 1. The summed E-state index contributed by atoms with van der Waals surface area (Å²) in [4.78, 5) is 11.3. The molecule has 1 aromatic rings. The number of rotatable bonds is 3. The lowest BCUT2D eigenvalue weighted by atomic mass is 10.2. The van der Waals surface area contributed by atoms with Crippen LogP contribution in [0.25, 0.3) is 0 Å². The van der Waals surface area contributed by atoms with E-state index in [4.69, 9.17) is 0 Å². The predicted molar refractivity (Wildman–Crippen MR) is 50.1 cm³/mol. The van der Waals surface area contributed by atoms with Crippen molar-refractivity contribution >= 4 is 21.7 Å². The number of hydrogen-bond donors (Lipinski definition) is 0. The third-order valence-corrected chi connectivity index (χ3v) is 2.44. The molecule has 3 nitrogen and oxygen atoms in total. The maximum atomic E-state index is 11.3. The summed E-state index contributed by atoms with van der Waals surface area (Å²) in [5, 5.41) is 3.93. The van der Waals surface area contributed by atoms with Crippen LogP contribution in [0, 0.1) is 0 Å². The fourth-order valence-electron chi connectivity index (χ4n) is 0.851. The Hall–Kier alpha value is -0.900. The highest BCUT2D eigenvalue weighted by molar-refractivity contribution is 9.10. The van der Waals surface area contributed by atoms with E-state index < -0.39 is 0 Å². The van der Waals surface area contributed by atoms with E-state index in [0.29, 0.717) is 16.6 Å². The molecule has 4 heteroatoms. The molecule has 0 aliphatic carbocycles. The molecule has 0 fully saturated rings. The molecule has 0 unspecified atom stereocenters. The number of hydrogen-bond acceptors (Lipinski definition) is 2. The SMILES string of the molecule is C=CCC(=O)c1cnn(C)c1Br. The first-order chi connectivity index (χ1) is 5.66. The largest absolute Gasteiger partial charge is 0.294 e. The summed E-state index contributed by atoms with van der Waals surface area (Å²) in [5.74, 6) is 0.0324. The number of allylic oxidation sites excluding steroid dienone is 1. The van der Waals surface area contributed by atoms with Crippen molar-refractivity contribution in [2.24, 2.45) is 7.05 Å².